The minimum atomic E-state index is -2.34. The molecule has 35 heavy (non-hydrogen) atoms. The number of para-hydroxylation sites is 3. The molecule has 0 N–H and O–H groups in total. The quantitative estimate of drug-likeness (QED) is 0.228. The maximum Gasteiger partial charge on any atom is 0.143 e. The van der Waals surface area contributed by atoms with Gasteiger partial charge >= 0.3 is 0 Å². The van der Waals surface area contributed by atoms with E-state index in [-0.39, 0.29) is 0 Å². The zero-order valence-corrected chi connectivity index (χ0v) is 20.1. The third kappa shape index (κ3) is 2.53. The number of hydrogen-bond acceptors (Lipinski definition) is 4. The van der Waals surface area contributed by atoms with Gasteiger partial charge < -0.3 is 13.9 Å². The van der Waals surface area contributed by atoms with E-state index >= 15 is 0 Å². The van der Waals surface area contributed by atoms with Crippen LogP contribution in [0.2, 0.25) is 0 Å². The van der Waals surface area contributed by atoms with Crippen LogP contribution < -0.4 is 25.4 Å². The second-order valence-corrected chi connectivity index (χ2v) is 13.1. The topological polar surface area (TPSA) is 31.6 Å². The van der Waals surface area contributed by atoms with Gasteiger partial charge in [-0.15, -0.1) is 0 Å². The van der Waals surface area contributed by atoms with E-state index in [9.17, 15) is 0 Å². The van der Waals surface area contributed by atoms with E-state index < -0.39 is 6.04 Å². The van der Waals surface area contributed by atoms with Gasteiger partial charge in [-0.3, -0.25) is 0 Å². The Morgan fingerprint density at radius 3 is 2.17 bits per heavy atom. The largest absolute Gasteiger partial charge is 0.456 e. The molecule has 0 saturated heterocycles. The summed E-state index contributed by atoms with van der Waals surface area (Å²) in [5, 5.41) is 5.37. The van der Waals surface area contributed by atoms with E-state index in [0.717, 1.165) is 72.0 Å². The first-order valence-corrected chi connectivity index (χ1v) is 14.3. The standard InChI is InChI=1S/C30H17O3PS/c35-34-27-14-4-3-11-23(27)31-24-12-6-13-25(30(24)34)32-26-17-18(15-16-28(26)34)19-8-5-9-21-20-7-1-2-10-22(20)33-29(19)21/h1-17H. The molecule has 5 heteroatoms. The fourth-order valence-electron chi connectivity index (χ4n) is 5.39. The number of benzene rings is 5. The third-order valence-electron chi connectivity index (χ3n) is 6.94. The van der Waals surface area contributed by atoms with Gasteiger partial charge in [0, 0.05) is 26.9 Å². The minimum Gasteiger partial charge on any atom is -0.456 e. The molecular formula is C30H17O3PS. The first-order valence-electron chi connectivity index (χ1n) is 11.5. The predicted octanol–water partition coefficient (Wildman–Crippen LogP) is 7.22. The summed E-state index contributed by atoms with van der Waals surface area (Å²) in [6, 6.07) is 32.6. The fraction of sp³-hybridized carbons (Fsp3) is 0. The molecule has 1 atom stereocenters. The Balaban J connectivity index is 1.38. The zero-order chi connectivity index (χ0) is 23.1. The van der Waals surface area contributed by atoms with Gasteiger partial charge in [-0.2, -0.15) is 0 Å². The van der Waals surface area contributed by atoms with E-state index in [1.54, 1.807) is 0 Å². The van der Waals surface area contributed by atoms with Crippen LogP contribution in [0.4, 0.5) is 0 Å². The number of rotatable bonds is 1. The van der Waals surface area contributed by atoms with Crippen LogP contribution in [0, 0.1) is 0 Å². The highest BCUT2D eigenvalue weighted by Gasteiger charge is 2.42. The lowest BCUT2D eigenvalue weighted by Crippen LogP contribution is -2.34. The number of furan rings is 1. The van der Waals surface area contributed by atoms with E-state index in [2.05, 4.69) is 48.5 Å². The van der Waals surface area contributed by atoms with Gasteiger partial charge in [0.05, 0.1) is 11.3 Å². The Morgan fingerprint density at radius 2 is 1.26 bits per heavy atom. The van der Waals surface area contributed by atoms with Crippen LogP contribution in [0.15, 0.2) is 108 Å². The summed E-state index contributed by atoms with van der Waals surface area (Å²) < 4.78 is 19.0. The molecule has 0 aliphatic carbocycles. The van der Waals surface area contributed by atoms with Crippen molar-refractivity contribution >= 4 is 55.7 Å². The van der Waals surface area contributed by atoms with Gasteiger partial charge in [0.1, 0.15) is 34.2 Å². The van der Waals surface area contributed by atoms with Crippen molar-refractivity contribution in [3.8, 4) is 34.1 Å². The summed E-state index contributed by atoms with van der Waals surface area (Å²) in [5.41, 5.74) is 3.84. The van der Waals surface area contributed by atoms with Crippen LogP contribution in [-0.2, 0) is 11.8 Å². The van der Waals surface area contributed by atoms with E-state index in [1.165, 1.54) is 0 Å². The molecule has 0 fully saturated rings. The Bertz CT molecular complexity index is 1900. The molecule has 8 rings (SSSR count). The molecule has 2 aliphatic heterocycles. The average molecular weight is 489 g/mol. The van der Waals surface area contributed by atoms with Crippen molar-refractivity contribution in [2.45, 2.75) is 0 Å². The lowest BCUT2D eigenvalue weighted by atomic mass is 10.0. The SMILES string of the molecule is S=P12c3ccccc3Oc3cccc(c31)Oc1cc(-c3cccc4c3oc3ccccc34)ccc12. The predicted molar refractivity (Wildman–Crippen MR) is 145 cm³/mol. The average Bonchev–Trinajstić information content (AvgIpc) is 3.27. The van der Waals surface area contributed by atoms with Crippen LogP contribution in [0.1, 0.15) is 0 Å². The molecule has 6 aromatic rings. The Kier molecular flexibility index (Phi) is 3.81. The lowest BCUT2D eigenvalue weighted by Gasteiger charge is -2.37. The summed E-state index contributed by atoms with van der Waals surface area (Å²) in [6.07, 6.45) is 0. The molecule has 1 aromatic heterocycles. The zero-order valence-electron chi connectivity index (χ0n) is 18.4. The summed E-state index contributed by atoms with van der Waals surface area (Å²) in [5.74, 6) is 3.22. The Morgan fingerprint density at radius 1 is 0.571 bits per heavy atom. The molecule has 0 bridgehead atoms. The van der Waals surface area contributed by atoms with Crippen molar-refractivity contribution in [1.82, 2.24) is 0 Å². The second kappa shape index (κ2) is 6.85. The molecule has 0 radical (unpaired) electrons. The number of hydrogen-bond donors (Lipinski definition) is 0. The minimum absolute atomic E-state index is 0.784. The first kappa shape index (κ1) is 19.5. The molecule has 166 valence electrons. The van der Waals surface area contributed by atoms with E-state index in [4.69, 9.17) is 25.7 Å². The third-order valence-corrected chi connectivity index (χ3v) is 11.8. The molecule has 0 spiro atoms. The molecule has 3 heterocycles. The summed E-state index contributed by atoms with van der Waals surface area (Å²) >= 11 is 6.57. The monoisotopic (exact) mass is 488 g/mol. The highest BCUT2D eigenvalue weighted by Crippen LogP contribution is 2.58. The smallest absolute Gasteiger partial charge is 0.143 e. The van der Waals surface area contributed by atoms with Crippen LogP contribution in [0.25, 0.3) is 33.1 Å². The van der Waals surface area contributed by atoms with Crippen molar-refractivity contribution < 1.29 is 13.9 Å². The number of ether oxygens (including phenoxy) is 2. The van der Waals surface area contributed by atoms with Gasteiger partial charge in [-0.05, 0) is 48.0 Å². The van der Waals surface area contributed by atoms with Crippen molar-refractivity contribution in [1.29, 1.82) is 0 Å². The Labute approximate surface area is 206 Å². The van der Waals surface area contributed by atoms with Gasteiger partial charge in [0.2, 0.25) is 0 Å². The van der Waals surface area contributed by atoms with E-state index in [1.807, 2.05) is 54.6 Å². The maximum absolute atomic E-state index is 6.57. The van der Waals surface area contributed by atoms with Crippen molar-refractivity contribution in [2.24, 2.45) is 0 Å². The molecule has 5 aromatic carbocycles. The lowest BCUT2D eigenvalue weighted by molar-refractivity contribution is 0.466. The van der Waals surface area contributed by atoms with Crippen molar-refractivity contribution in [3.05, 3.63) is 103 Å². The van der Waals surface area contributed by atoms with E-state index in [0.29, 0.717) is 0 Å². The van der Waals surface area contributed by atoms with Crippen LogP contribution in [-0.4, -0.2) is 0 Å². The van der Waals surface area contributed by atoms with Crippen LogP contribution in [0.3, 0.4) is 0 Å². The number of fused-ring (bicyclic) bond motifs is 7. The molecule has 2 aliphatic rings. The molecule has 0 amide bonds. The van der Waals surface area contributed by atoms with Gasteiger partial charge in [0.15, 0.2) is 0 Å². The maximum atomic E-state index is 6.57. The summed E-state index contributed by atoms with van der Waals surface area (Å²) in [4.78, 5) is 0. The van der Waals surface area contributed by atoms with Crippen molar-refractivity contribution in [2.75, 3.05) is 0 Å². The first-order chi connectivity index (χ1) is 17.2. The van der Waals surface area contributed by atoms with Gasteiger partial charge in [0.25, 0.3) is 0 Å². The fourth-order valence-corrected chi connectivity index (χ4v) is 9.87. The van der Waals surface area contributed by atoms with Gasteiger partial charge in [-0.25, -0.2) is 0 Å². The summed E-state index contributed by atoms with van der Waals surface area (Å²) in [7, 11) is 0. The van der Waals surface area contributed by atoms with Gasteiger partial charge in [-0.1, -0.05) is 72.5 Å². The molecule has 3 nitrogen and oxygen atoms in total. The van der Waals surface area contributed by atoms with Crippen LogP contribution in [0.5, 0.6) is 23.0 Å². The Hall–Kier alpha value is -3.85. The molecular weight excluding hydrogens is 471 g/mol. The second-order valence-electron chi connectivity index (χ2n) is 8.85. The van der Waals surface area contributed by atoms with Crippen molar-refractivity contribution in [3.63, 3.8) is 0 Å². The highest BCUT2D eigenvalue weighted by atomic mass is 32.4. The normalized spacial score (nSPS) is 17.3. The van der Waals surface area contributed by atoms with Crippen LogP contribution >= 0.6 is 6.04 Å². The molecule has 0 saturated carbocycles. The summed E-state index contributed by atoms with van der Waals surface area (Å²) in [6.45, 7) is 0. The molecule has 1 unspecified atom stereocenters. The highest BCUT2D eigenvalue weighted by molar-refractivity contribution is 8.26.